The van der Waals surface area contributed by atoms with Crippen LogP contribution >= 0.6 is 0 Å². The zero-order valence-electron chi connectivity index (χ0n) is 15.7. The summed E-state index contributed by atoms with van der Waals surface area (Å²) in [5, 5.41) is 6.13. The number of carbonyl (C=O) groups is 1. The van der Waals surface area contributed by atoms with Gasteiger partial charge in [-0.1, -0.05) is 36.4 Å². The Balaban J connectivity index is 1.65. The molecule has 0 aliphatic carbocycles. The van der Waals surface area contributed by atoms with Crippen LogP contribution in [-0.2, 0) is 4.79 Å². The summed E-state index contributed by atoms with van der Waals surface area (Å²) in [6, 6.07) is 17.5. The molecule has 0 bridgehead atoms. The van der Waals surface area contributed by atoms with E-state index in [1.54, 1.807) is 13.3 Å². The summed E-state index contributed by atoms with van der Waals surface area (Å²) in [6.45, 7) is 3.93. The van der Waals surface area contributed by atoms with Gasteiger partial charge in [0, 0.05) is 5.56 Å². The van der Waals surface area contributed by atoms with Gasteiger partial charge in [-0.25, -0.2) is 5.43 Å². The van der Waals surface area contributed by atoms with E-state index in [0.717, 1.165) is 21.9 Å². The topological polar surface area (TPSA) is 59.9 Å². The minimum absolute atomic E-state index is 0.105. The molecule has 0 unspecified atom stereocenters. The highest BCUT2D eigenvalue weighted by atomic mass is 16.5. The Morgan fingerprint density at radius 3 is 2.67 bits per heavy atom. The fraction of sp³-hybridized carbons (Fsp3) is 0.182. The van der Waals surface area contributed by atoms with E-state index in [9.17, 15) is 4.79 Å². The van der Waals surface area contributed by atoms with Crippen LogP contribution in [0.2, 0.25) is 0 Å². The smallest absolute Gasteiger partial charge is 0.277 e. The van der Waals surface area contributed by atoms with Crippen LogP contribution in [0, 0.1) is 13.8 Å². The number of benzene rings is 3. The first-order chi connectivity index (χ1) is 13.1. The molecule has 1 N–H and O–H groups in total. The first-order valence-electron chi connectivity index (χ1n) is 8.66. The lowest BCUT2D eigenvalue weighted by molar-refractivity contribution is -0.123. The predicted molar refractivity (Wildman–Crippen MR) is 108 cm³/mol. The third-order valence-corrected chi connectivity index (χ3v) is 4.38. The number of hydrogen-bond acceptors (Lipinski definition) is 4. The van der Waals surface area contributed by atoms with Crippen LogP contribution < -0.4 is 14.9 Å². The molecular formula is C22H22N2O3. The van der Waals surface area contributed by atoms with Crippen molar-refractivity contribution < 1.29 is 14.3 Å². The van der Waals surface area contributed by atoms with E-state index < -0.39 is 0 Å². The minimum atomic E-state index is -0.330. The van der Waals surface area contributed by atoms with Crippen molar-refractivity contribution in [1.82, 2.24) is 5.43 Å². The summed E-state index contributed by atoms with van der Waals surface area (Å²) >= 11 is 0. The number of hydrazone groups is 1. The number of rotatable bonds is 6. The molecule has 3 rings (SSSR count). The maximum atomic E-state index is 12.0. The van der Waals surface area contributed by atoms with E-state index in [1.807, 2.05) is 68.4 Å². The van der Waals surface area contributed by atoms with Gasteiger partial charge in [0.15, 0.2) is 6.61 Å². The Bertz CT molecular complexity index is 996. The molecule has 0 atom stereocenters. The summed E-state index contributed by atoms with van der Waals surface area (Å²) in [7, 11) is 1.61. The Morgan fingerprint density at radius 1 is 1.07 bits per heavy atom. The van der Waals surface area contributed by atoms with Crippen LogP contribution in [0.25, 0.3) is 10.8 Å². The molecule has 0 heterocycles. The summed E-state index contributed by atoms with van der Waals surface area (Å²) < 4.78 is 10.9. The first kappa shape index (κ1) is 18.5. The van der Waals surface area contributed by atoms with Crippen LogP contribution in [0.3, 0.4) is 0 Å². The average molecular weight is 362 g/mol. The molecule has 5 nitrogen and oxygen atoms in total. The Labute approximate surface area is 158 Å². The van der Waals surface area contributed by atoms with Crippen molar-refractivity contribution in [2.24, 2.45) is 5.10 Å². The van der Waals surface area contributed by atoms with Gasteiger partial charge in [-0.05, 0) is 53.9 Å². The summed E-state index contributed by atoms with van der Waals surface area (Å²) in [5.41, 5.74) is 5.60. The second-order valence-electron chi connectivity index (χ2n) is 6.23. The van der Waals surface area contributed by atoms with Gasteiger partial charge < -0.3 is 9.47 Å². The summed E-state index contributed by atoms with van der Waals surface area (Å²) in [5.74, 6) is 1.02. The van der Waals surface area contributed by atoms with Gasteiger partial charge in [-0.3, -0.25) is 4.79 Å². The monoisotopic (exact) mass is 362 g/mol. The van der Waals surface area contributed by atoms with E-state index in [-0.39, 0.29) is 12.5 Å². The summed E-state index contributed by atoms with van der Waals surface area (Å²) in [6.07, 6.45) is 1.59. The van der Waals surface area contributed by atoms with Crippen LogP contribution in [0.15, 0.2) is 59.7 Å². The van der Waals surface area contributed by atoms with Gasteiger partial charge in [0.25, 0.3) is 5.91 Å². The molecule has 0 saturated heterocycles. The number of nitrogens with zero attached hydrogens (tertiary/aromatic N) is 1. The Kier molecular flexibility index (Phi) is 5.71. The maximum Gasteiger partial charge on any atom is 0.277 e. The highest BCUT2D eigenvalue weighted by Gasteiger charge is 2.07. The van der Waals surface area contributed by atoms with Crippen LogP contribution in [0.5, 0.6) is 11.5 Å². The minimum Gasteiger partial charge on any atom is -0.496 e. The van der Waals surface area contributed by atoms with E-state index in [4.69, 9.17) is 9.47 Å². The quantitative estimate of drug-likeness (QED) is 0.533. The van der Waals surface area contributed by atoms with Crippen molar-refractivity contribution in [1.29, 1.82) is 0 Å². The van der Waals surface area contributed by atoms with E-state index in [1.165, 1.54) is 5.56 Å². The highest BCUT2D eigenvalue weighted by molar-refractivity contribution is 6.02. The lowest BCUT2D eigenvalue weighted by Gasteiger charge is -2.09. The van der Waals surface area contributed by atoms with Crippen molar-refractivity contribution in [2.45, 2.75) is 13.8 Å². The molecule has 3 aromatic carbocycles. The Hall–Kier alpha value is -3.34. The fourth-order valence-electron chi connectivity index (χ4n) is 2.74. The number of carbonyl (C=O) groups excluding carboxylic acids is 1. The van der Waals surface area contributed by atoms with Crippen molar-refractivity contribution >= 4 is 22.9 Å². The standard InChI is InChI=1S/C22H22N2O3/c1-15-8-10-18(12-16(15)2)27-14-22(25)24-23-13-20-19-7-5-4-6-17(19)9-11-21(20)26-3/h4-13H,14H2,1-3H3,(H,24,25)/b23-13-. The number of nitrogens with one attached hydrogen (secondary N) is 1. The number of ether oxygens (including phenoxy) is 2. The average Bonchev–Trinajstić information content (AvgIpc) is 2.69. The number of fused-ring (bicyclic) bond motifs is 1. The van der Waals surface area contributed by atoms with Gasteiger partial charge in [-0.15, -0.1) is 0 Å². The van der Waals surface area contributed by atoms with Crippen molar-refractivity contribution in [2.75, 3.05) is 13.7 Å². The molecule has 0 fully saturated rings. The van der Waals surface area contributed by atoms with Crippen molar-refractivity contribution in [3.8, 4) is 11.5 Å². The van der Waals surface area contributed by atoms with Crippen LogP contribution in [0.4, 0.5) is 0 Å². The number of methoxy groups -OCH3 is 1. The molecule has 1 amide bonds. The third kappa shape index (κ3) is 4.44. The van der Waals surface area contributed by atoms with E-state index in [2.05, 4.69) is 10.5 Å². The van der Waals surface area contributed by atoms with E-state index >= 15 is 0 Å². The molecule has 0 aromatic heterocycles. The molecule has 3 aromatic rings. The first-order valence-corrected chi connectivity index (χ1v) is 8.66. The second-order valence-corrected chi connectivity index (χ2v) is 6.23. The van der Waals surface area contributed by atoms with Crippen LogP contribution in [-0.4, -0.2) is 25.8 Å². The molecule has 0 aliphatic heterocycles. The lowest BCUT2D eigenvalue weighted by atomic mass is 10.0. The Morgan fingerprint density at radius 2 is 1.89 bits per heavy atom. The SMILES string of the molecule is COc1ccc2ccccc2c1/C=N\NC(=O)COc1ccc(C)c(C)c1. The highest BCUT2D eigenvalue weighted by Crippen LogP contribution is 2.26. The molecule has 138 valence electrons. The number of hydrogen-bond donors (Lipinski definition) is 1. The van der Waals surface area contributed by atoms with Gasteiger partial charge in [0.05, 0.1) is 13.3 Å². The van der Waals surface area contributed by atoms with E-state index in [0.29, 0.717) is 11.5 Å². The van der Waals surface area contributed by atoms with Crippen LogP contribution in [0.1, 0.15) is 16.7 Å². The largest absolute Gasteiger partial charge is 0.496 e. The molecule has 5 heteroatoms. The summed E-state index contributed by atoms with van der Waals surface area (Å²) in [4.78, 5) is 12.0. The normalized spacial score (nSPS) is 10.9. The number of aryl methyl sites for hydroxylation is 2. The van der Waals surface area contributed by atoms with Gasteiger partial charge in [0.2, 0.25) is 0 Å². The molecule has 0 radical (unpaired) electrons. The van der Waals surface area contributed by atoms with Crippen molar-refractivity contribution in [3.63, 3.8) is 0 Å². The predicted octanol–water partition coefficient (Wildman–Crippen LogP) is 3.99. The zero-order chi connectivity index (χ0) is 19.2. The molecular weight excluding hydrogens is 340 g/mol. The zero-order valence-corrected chi connectivity index (χ0v) is 15.7. The molecule has 0 saturated carbocycles. The van der Waals surface area contributed by atoms with Crippen molar-refractivity contribution in [3.05, 3.63) is 71.3 Å². The maximum absolute atomic E-state index is 12.0. The van der Waals surface area contributed by atoms with Gasteiger partial charge in [0.1, 0.15) is 11.5 Å². The molecule has 0 spiro atoms. The molecule has 27 heavy (non-hydrogen) atoms. The molecule has 0 aliphatic rings. The second kappa shape index (κ2) is 8.36. The van der Waals surface area contributed by atoms with Gasteiger partial charge >= 0.3 is 0 Å². The third-order valence-electron chi connectivity index (χ3n) is 4.38. The number of amides is 1. The van der Waals surface area contributed by atoms with Gasteiger partial charge in [-0.2, -0.15) is 5.10 Å². The fourth-order valence-corrected chi connectivity index (χ4v) is 2.74. The lowest BCUT2D eigenvalue weighted by Crippen LogP contribution is -2.24.